The van der Waals surface area contributed by atoms with Crippen molar-refractivity contribution in [2.45, 2.75) is 45.2 Å². The topological polar surface area (TPSA) is 79.5 Å². The van der Waals surface area contributed by atoms with E-state index in [1.807, 2.05) is 0 Å². The number of unbranched alkanes of at least 4 members (excludes halogenated alkanes) is 4. The van der Waals surface area contributed by atoms with E-state index in [1.165, 1.54) is 25.5 Å². The molecule has 0 saturated heterocycles. The molecule has 0 saturated carbocycles. The number of carbonyl (C=O) groups is 2. The summed E-state index contributed by atoms with van der Waals surface area (Å²) in [6.45, 7) is 2.57. The number of amides is 3. The Labute approximate surface area is 107 Å². The second kappa shape index (κ2) is 8.38. The van der Waals surface area contributed by atoms with Gasteiger partial charge in [0.2, 0.25) is 0 Å². The standard InChI is InChI=1S/C12H21N3O3/c1-2-3-4-5-6-9-18-12(17)15-10-7-8-13-11(16)14-10/h7-8,10H,2-6,9H2,1H3,(H,15,17)(H2,13,14,16). The summed E-state index contributed by atoms with van der Waals surface area (Å²) in [6.07, 6.45) is 7.63. The monoisotopic (exact) mass is 255 g/mol. The first-order valence-electron chi connectivity index (χ1n) is 6.39. The van der Waals surface area contributed by atoms with Crippen molar-refractivity contribution in [2.24, 2.45) is 0 Å². The van der Waals surface area contributed by atoms with Crippen molar-refractivity contribution in [3.05, 3.63) is 12.3 Å². The number of rotatable bonds is 7. The van der Waals surface area contributed by atoms with Crippen molar-refractivity contribution >= 4 is 12.1 Å². The van der Waals surface area contributed by atoms with Crippen LogP contribution in [-0.4, -0.2) is 24.9 Å². The minimum absolute atomic E-state index is 0.345. The van der Waals surface area contributed by atoms with Crippen molar-refractivity contribution in [3.8, 4) is 0 Å². The van der Waals surface area contributed by atoms with Crippen LogP contribution in [0.1, 0.15) is 39.0 Å². The average molecular weight is 255 g/mol. The largest absolute Gasteiger partial charge is 0.450 e. The molecule has 1 heterocycles. The predicted molar refractivity (Wildman–Crippen MR) is 67.8 cm³/mol. The minimum Gasteiger partial charge on any atom is -0.450 e. The van der Waals surface area contributed by atoms with Gasteiger partial charge in [0.25, 0.3) is 0 Å². The molecule has 3 N–H and O–H groups in total. The average Bonchev–Trinajstić information content (AvgIpc) is 2.33. The van der Waals surface area contributed by atoms with Crippen LogP contribution in [0, 0.1) is 0 Å². The number of nitrogens with one attached hydrogen (secondary N) is 3. The fourth-order valence-electron chi connectivity index (χ4n) is 1.57. The number of ether oxygens (including phenoxy) is 1. The molecule has 0 bridgehead atoms. The molecule has 0 aliphatic carbocycles. The Morgan fingerprint density at radius 3 is 2.89 bits per heavy atom. The maximum atomic E-state index is 11.4. The summed E-state index contributed by atoms with van der Waals surface area (Å²) >= 11 is 0. The Morgan fingerprint density at radius 2 is 2.17 bits per heavy atom. The molecule has 1 unspecified atom stereocenters. The van der Waals surface area contributed by atoms with Gasteiger partial charge >= 0.3 is 12.1 Å². The molecule has 1 rings (SSSR count). The molecule has 0 aromatic heterocycles. The van der Waals surface area contributed by atoms with Crippen LogP contribution >= 0.6 is 0 Å². The summed E-state index contributed by atoms with van der Waals surface area (Å²) in [5, 5.41) is 7.48. The lowest BCUT2D eigenvalue weighted by molar-refractivity contribution is 0.140. The summed E-state index contributed by atoms with van der Waals surface area (Å²) in [5.41, 5.74) is 0. The molecule has 18 heavy (non-hydrogen) atoms. The molecule has 6 heteroatoms. The molecule has 0 fully saturated rings. The van der Waals surface area contributed by atoms with Gasteiger partial charge in [-0.3, -0.25) is 5.32 Å². The fourth-order valence-corrected chi connectivity index (χ4v) is 1.57. The van der Waals surface area contributed by atoms with Crippen molar-refractivity contribution in [3.63, 3.8) is 0 Å². The molecular weight excluding hydrogens is 234 g/mol. The Balaban J connectivity index is 2.05. The molecule has 1 atom stereocenters. The van der Waals surface area contributed by atoms with Gasteiger partial charge in [0.1, 0.15) is 6.17 Å². The third-order valence-electron chi connectivity index (χ3n) is 2.54. The number of urea groups is 1. The summed E-state index contributed by atoms with van der Waals surface area (Å²) in [6, 6.07) is -0.345. The van der Waals surface area contributed by atoms with Crippen molar-refractivity contribution in [1.29, 1.82) is 0 Å². The molecule has 1 aliphatic heterocycles. The van der Waals surface area contributed by atoms with E-state index in [1.54, 1.807) is 6.08 Å². The minimum atomic E-state index is -0.512. The van der Waals surface area contributed by atoms with Crippen LogP contribution in [0.15, 0.2) is 12.3 Å². The van der Waals surface area contributed by atoms with Gasteiger partial charge < -0.3 is 15.4 Å². The second-order valence-corrected chi connectivity index (χ2v) is 4.15. The van der Waals surface area contributed by atoms with Gasteiger partial charge in [-0.25, -0.2) is 9.59 Å². The molecule has 0 aromatic rings. The first-order valence-corrected chi connectivity index (χ1v) is 6.39. The van der Waals surface area contributed by atoms with Crippen LogP contribution in [0.3, 0.4) is 0 Å². The number of alkyl carbamates (subject to hydrolysis) is 1. The highest BCUT2D eigenvalue weighted by atomic mass is 16.5. The van der Waals surface area contributed by atoms with Gasteiger partial charge in [-0.1, -0.05) is 32.6 Å². The van der Waals surface area contributed by atoms with E-state index < -0.39 is 12.3 Å². The lowest BCUT2D eigenvalue weighted by atomic mass is 10.2. The Kier molecular flexibility index (Phi) is 6.68. The highest BCUT2D eigenvalue weighted by molar-refractivity contribution is 5.77. The maximum absolute atomic E-state index is 11.4. The van der Waals surface area contributed by atoms with E-state index in [-0.39, 0.29) is 6.03 Å². The first kappa shape index (κ1) is 14.3. The summed E-state index contributed by atoms with van der Waals surface area (Å²) in [7, 11) is 0. The van der Waals surface area contributed by atoms with E-state index in [2.05, 4.69) is 22.9 Å². The molecule has 0 aromatic carbocycles. The van der Waals surface area contributed by atoms with Crippen LogP contribution in [0.5, 0.6) is 0 Å². The molecular formula is C12H21N3O3. The van der Waals surface area contributed by atoms with Crippen molar-refractivity contribution in [2.75, 3.05) is 6.61 Å². The number of carbonyl (C=O) groups excluding carboxylic acids is 2. The quantitative estimate of drug-likeness (QED) is 0.607. The summed E-state index contributed by atoms with van der Waals surface area (Å²) in [4.78, 5) is 22.3. The molecule has 1 aliphatic rings. The van der Waals surface area contributed by atoms with Gasteiger partial charge in [0.15, 0.2) is 0 Å². The summed E-state index contributed by atoms with van der Waals surface area (Å²) in [5.74, 6) is 0. The predicted octanol–water partition coefficient (Wildman–Crippen LogP) is 1.84. The van der Waals surface area contributed by atoms with E-state index in [4.69, 9.17) is 4.74 Å². The lowest BCUT2D eigenvalue weighted by Crippen LogP contribution is -2.52. The Hall–Kier alpha value is -1.72. The van der Waals surface area contributed by atoms with Gasteiger partial charge in [0, 0.05) is 6.20 Å². The van der Waals surface area contributed by atoms with Crippen LogP contribution < -0.4 is 16.0 Å². The van der Waals surface area contributed by atoms with Gasteiger partial charge in [-0.2, -0.15) is 0 Å². The normalized spacial score (nSPS) is 17.8. The highest BCUT2D eigenvalue weighted by Crippen LogP contribution is 2.02. The van der Waals surface area contributed by atoms with Gasteiger partial charge in [-0.05, 0) is 12.5 Å². The zero-order chi connectivity index (χ0) is 13.2. The highest BCUT2D eigenvalue weighted by Gasteiger charge is 2.15. The van der Waals surface area contributed by atoms with Gasteiger partial charge in [0.05, 0.1) is 6.61 Å². The number of hydrogen-bond acceptors (Lipinski definition) is 3. The summed E-state index contributed by atoms with van der Waals surface area (Å²) < 4.78 is 5.00. The third kappa shape index (κ3) is 6.12. The maximum Gasteiger partial charge on any atom is 0.409 e. The van der Waals surface area contributed by atoms with E-state index in [0.717, 1.165) is 12.8 Å². The molecule has 0 spiro atoms. The zero-order valence-corrected chi connectivity index (χ0v) is 10.7. The van der Waals surface area contributed by atoms with Crippen molar-refractivity contribution in [1.82, 2.24) is 16.0 Å². The molecule has 102 valence electrons. The second-order valence-electron chi connectivity index (χ2n) is 4.15. The van der Waals surface area contributed by atoms with Crippen LogP contribution in [0.4, 0.5) is 9.59 Å². The van der Waals surface area contributed by atoms with E-state index >= 15 is 0 Å². The number of hydrogen-bond donors (Lipinski definition) is 3. The zero-order valence-electron chi connectivity index (χ0n) is 10.7. The molecule has 0 radical (unpaired) electrons. The lowest BCUT2D eigenvalue weighted by Gasteiger charge is -2.19. The third-order valence-corrected chi connectivity index (χ3v) is 2.54. The van der Waals surface area contributed by atoms with Crippen LogP contribution in [0.25, 0.3) is 0 Å². The fraction of sp³-hybridized carbons (Fsp3) is 0.667. The van der Waals surface area contributed by atoms with Crippen molar-refractivity contribution < 1.29 is 14.3 Å². The first-order chi connectivity index (χ1) is 8.72. The smallest absolute Gasteiger partial charge is 0.409 e. The Bertz CT molecular complexity index is 305. The van der Waals surface area contributed by atoms with E-state index in [0.29, 0.717) is 6.61 Å². The van der Waals surface area contributed by atoms with Crippen LogP contribution in [-0.2, 0) is 4.74 Å². The molecule has 3 amide bonds. The van der Waals surface area contributed by atoms with E-state index in [9.17, 15) is 9.59 Å². The van der Waals surface area contributed by atoms with Gasteiger partial charge in [-0.15, -0.1) is 0 Å². The molecule has 6 nitrogen and oxygen atoms in total. The van der Waals surface area contributed by atoms with Crippen LogP contribution in [0.2, 0.25) is 0 Å². The SMILES string of the molecule is CCCCCCCOC(=O)NC1C=CNC(=O)N1. The Morgan fingerprint density at radius 1 is 1.39 bits per heavy atom.